The first-order chi connectivity index (χ1) is 8.33. The fourth-order valence-electron chi connectivity index (χ4n) is 1.42. The second kappa shape index (κ2) is 4.72. The first-order valence-corrected chi connectivity index (χ1v) is 7.29. The normalized spacial score (nSPS) is 10.9. The van der Waals surface area contributed by atoms with Crippen LogP contribution in [0.1, 0.15) is 0 Å². The highest BCUT2D eigenvalue weighted by atomic mass is 79.9. The van der Waals surface area contributed by atoms with Crippen LogP contribution < -0.4 is 0 Å². The predicted octanol–water partition coefficient (Wildman–Crippen LogP) is 4.00. The molecular formula is C11H6BrN3S2. The van der Waals surface area contributed by atoms with Crippen LogP contribution in [0.3, 0.4) is 0 Å². The van der Waals surface area contributed by atoms with Crippen molar-refractivity contribution >= 4 is 50.1 Å². The summed E-state index contributed by atoms with van der Waals surface area (Å²) >= 11 is 6.64. The Morgan fingerprint density at radius 1 is 1.18 bits per heavy atom. The molecule has 0 aliphatic heterocycles. The largest absolute Gasteiger partial charge is 0.254 e. The molecular weight excluding hydrogens is 318 g/mol. The molecule has 3 nitrogen and oxygen atoms in total. The number of nitrogens with zero attached hydrogens (tertiary/aromatic N) is 3. The van der Waals surface area contributed by atoms with Crippen molar-refractivity contribution in [2.24, 2.45) is 0 Å². The summed E-state index contributed by atoms with van der Waals surface area (Å²) in [5, 5.41) is 1.97. The monoisotopic (exact) mass is 323 g/mol. The van der Waals surface area contributed by atoms with Gasteiger partial charge in [-0.25, -0.2) is 4.98 Å². The Bertz CT molecular complexity index is 655. The van der Waals surface area contributed by atoms with Crippen LogP contribution in [-0.2, 0) is 0 Å². The summed E-state index contributed by atoms with van der Waals surface area (Å²) in [7, 11) is 0. The predicted molar refractivity (Wildman–Crippen MR) is 73.5 cm³/mol. The van der Waals surface area contributed by atoms with E-state index in [0.717, 1.165) is 24.7 Å². The second-order valence-electron chi connectivity index (χ2n) is 3.23. The van der Waals surface area contributed by atoms with E-state index in [1.165, 1.54) is 0 Å². The number of halogens is 1. The first-order valence-electron chi connectivity index (χ1n) is 4.80. The molecule has 0 spiro atoms. The van der Waals surface area contributed by atoms with Crippen molar-refractivity contribution in [1.82, 2.24) is 15.0 Å². The van der Waals surface area contributed by atoms with Gasteiger partial charge in [-0.2, -0.15) is 0 Å². The third kappa shape index (κ3) is 2.34. The van der Waals surface area contributed by atoms with Crippen molar-refractivity contribution in [2.75, 3.05) is 0 Å². The van der Waals surface area contributed by atoms with Crippen LogP contribution in [0.2, 0.25) is 0 Å². The third-order valence-electron chi connectivity index (χ3n) is 2.11. The van der Waals surface area contributed by atoms with Crippen molar-refractivity contribution in [1.29, 1.82) is 0 Å². The van der Waals surface area contributed by atoms with Gasteiger partial charge >= 0.3 is 0 Å². The lowest BCUT2D eigenvalue weighted by atomic mass is 10.3. The van der Waals surface area contributed by atoms with Crippen molar-refractivity contribution in [3.05, 3.63) is 40.6 Å². The zero-order chi connectivity index (χ0) is 11.7. The zero-order valence-corrected chi connectivity index (χ0v) is 11.7. The molecule has 0 unspecified atom stereocenters. The minimum Gasteiger partial charge on any atom is -0.254 e. The smallest absolute Gasteiger partial charge is 0.154 e. The molecule has 3 heterocycles. The molecule has 17 heavy (non-hydrogen) atoms. The highest BCUT2D eigenvalue weighted by Crippen LogP contribution is 2.33. The molecule has 3 aromatic rings. The van der Waals surface area contributed by atoms with Crippen LogP contribution in [-0.4, -0.2) is 15.0 Å². The molecule has 0 atom stereocenters. The van der Waals surface area contributed by atoms with Gasteiger partial charge in [-0.05, 0) is 28.1 Å². The van der Waals surface area contributed by atoms with Gasteiger partial charge in [0.1, 0.15) is 5.52 Å². The van der Waals surface area contributed by atoms with Crippen LogP contribution >= 0.6 is 39.0 Å². The molecule has 0 saturated heterocycles. The van der Waals surface area contributed by atoms with Crippen LogP contribution in [0.5, 0.6) is 0 Å². The summed E-state index contributed by atoms with van der Waals surface area (Å²) < 4.78 is 1.95. The van der Waals surface area contributed by atoms with Crippen molar-refractivity contribution in [3.63, 3.8) is 0 Å². The van der Waals surface area contributed by atoms with Gasteiger partial charge in [0.15, 0.2) is 4.34 Å². The van der Waals surface area contributed by atoms with E-state index in [0.29, 0.717) is 0 Å². The van der Waals surface area contributed by atoms with Crippen LogP contribution in [0.4, 0.5) is 0 Å². The van der Waals surface area contributed by atoms with Gasteiger partial charge in [0.2, 0.25) is 0 Å². The molecule has 0 bridgehead atoms. The summed E-state index contributed by atoms with van der Waals surface area (Å²) in [5.41, 5.74) is 1.80. The average Bonchev–Trinajstić information content (AvgIpc) is 2.82. The van der Waals surface area contributed by atoms with Crippen LogP contribution in [0, 0.1) is 0 Å². The molecule has 0 fully saturated rings. The van der Waals surface area contributed by atoms with Gasteiger partial charge in [0.25, 0.3) is 0 Å². The van der Waals surface area contributed by atoms with Crippen molar-refractivity contribution < 1.29 is 0 Å². The van der Waals surface area contributed by atoms with Crippen LogP contribution in [0.25, 0.3) is 11.0 Å². The van der Waals surface area contributed by atoms with Crippen LogP contribution in [0.15, 0.2) is 49.8 Å². The summed E-state index contributed by atoms with van der Waals surface area (Å²) in [6.45, 7) is 0. The molecule has 84 valence electrons. The lowest BCUT2D eigenvalue weighted by Crippen LogP contribution is -1.85. The molecule has 0 aromatic carbocycles. The number of pyridine rings is 2. The highest BCUT2D eigenvalue weighted by molar-refractivity contribution is 9.10. The Morgan fingerprint density at radius 2 is 2.12 bits per heavy atom. The first kappa shape index (κ1) is 11.1. The lowest BCUT2D eigenvalue weighted by Gasteiger charge is -2.02. The molecule has 0 aliphatic rings. The van der Waals surface area contributed by atoms with Gasteiger partial charge in [0.05, 0.1) is 5.52 Å². The molecule has 0 saturated carbocycles. The summed E-state index contributed by atoms with van der Waals surface area (Å²) in [5.74, 6) is 0. The maximum atomic E-state index is 4.41. The van der Waals surface area contributed by atoms with E-state index in [2.05, 4.69) is 30.9 Å². The van der Waals surface area contributed by atoms with Gasteiger partial charge in [-0.3, -0.25) is 9.97 Å². The summed E-state index contributed by atoms with van der Waals surface area (Å²) in [6, 6.07) is 3.93. The Morgan fingerprint density at radius 3 is 2.94 bits per heavy atom. The molecule has 3 aromatic heterocycles. The molecule has 0 radical (unpaired) electrons. The van der Waals surface area contributed by atoms with Gasteiger partial charge in [-0.15, -0.1) is 11.3 Å². The maximum Gasteiger partial charge on any atom is 0.154 e. The maximum absolute atomic E-state index is 4.41. The number of rotatable bonds is 2. The molecule has 0 amide bonds. The topological polar surface area (TPSA) is 38.7 Å². The van der Waals surface area contributed by atoms with E-state index in [1.807, 2.05) is 17.5 Å². The van der Waals surface area contributed by atoms with Crippen molar-refractivity contribution in [2.45, 2.75) is 9.24 Å². The Hall–Kier alpha value is -0.980. The van der Waals surface area contributed by atoms with E-state index >= 15 is 0 Å². The van der Waals surface area contributed by atoms with E-state index in [9.17, 15) is 0 Å². The lowest BCUT2D eigenvalue weighted by molar-refractivity contribution is 1.23. The minimum absolute atomic E-state index is 0.890. The van der Waals surface area contributed by atoms with Crippen molar-refractivity contribution in [3.8, 4) is 0 Å². The quantitative estimate of drug-likeness (QED) is 0.714. The SMILES string of the molecule is Brc1cnc2c(Sc3nccs3)ccnc2c1. The molecule has 6 heteroatoms. The van der Waals surface area contributed by atoms with Gasteiger partial charge < -0.3 is 0 Å². The number of aromatic nitrogens is 3. The number of hydrogen-bond acceptors (Lipinski definition) is 5. The number of hydrogen-bond donors (Lipinski definition) is 0. The number of thiazole rings is 1. The minimum atomic E-state index is 0.890. The zero-order valence-electron chi connectivity index (χ0n) is 8.50. The highest BCUT2D eigenvalue weighted by Gasteiger charge is 2.07. The fourth-order valence-corrected chi connectivity index (χ4v) is 3.41. The van der Waals surface area contributed by atoms with E-state index < -0.39 is 0 Å². The Kier molecular flexibility index (Phi) is 3.09. The van der Waals surface area contributed by atoms with E-state index in [-0.39, 0.29) is 0 Å². The van der Waals surface area contributed by atoms with E-state index in [4.69, 9.17) is 0 Å². The molecule has 0 N–H and O–H groups in total. The average molecular weight is 324 g/mol. The summed E-state index contributed by atoms with van der Waals surface area (Å²) in [4.78, 5) is 14.1. The second-order valence-corrected chi connectivity index (χ2v) is 6.33. The molecule has 0 aliphatic carbocycles. The number of fused-ring (bicyclic) bond motifs is 1. The van der Waals surface area contributed by atoms with Gasteiger partial charge in [0, 0.05) is 33.3 Å². The standard InChI is InChI=1S/C11H6BrN3S2/c12-7-5-8-10(15-6-7)9(1-2-13-8)17-11-14-3-4-16-11/h1-6H. The molecule has 3 rings (SSSR count). The van der Waals surface area contributed by atoms with Gasteiger partial charge in [-0.1, -0.05) is 11.8 Å². The Balaban J connectivity index is 2.10. The third-order valence-corrected chi connectivity index (χ3v) is 4.48. The summed E-state index contributed by atoms with van der Waals surface area (Å²) in [6.07, 6.45) is 5.39. The Labute approximate surface area is 114 Å². The van der Waals surface area contributed by atoms with E-state index in [1.54, 1.807) is 41.7 Å². The fraction of sp³-hybridized carbons (Fsp3) is 0.